The van der Waals surface area contributed by atoms with Crippen LogP contribution in [0.1, 0.15) is 26.7 Å². The summed E-state index contributed by atoms with van der Waals surface area (Å²) in [5.41, 5.74) is 0.0230. The van der Waals surface area contributed by atoms with Gasteiger partial charge in [0.05, 0.1) is 0 Å². The standard InChI is InChI=1S/C10H16O2/c1-4-7-5-10(2,3)6-8(11)9(7)12/h4,7,9,12H,1,5-6H2,2-3H3/t7?,9-/m1/s1. The van der Waals surface area contributed by atoms with Crippen LogP contribution in [-0.2, 0) is 4.79 Å². The average molecular weight is 168 g/mol. The third-order valence-corrected chi connectivity index (χ3v) is 2.48. The molecule has 0 radical (unpaired) electrons. The van der Waals surface area contributed by atoms with Gasteiger partial charge < -0.3 is 5.11 Å². The van der Waals surface area contributed by atoms with Crippen molar-refractivity contribution < 1.29 is 9.90 Å². The van der Waals surface area contributed by atoms with Gasteiger partial charge in [-0.25, -0.2) is 0 Å². The number of hydrogen-bond acceptors (Lipinski definition) is 2. The Balaban J connectivity index is 2.78. The fourth-order valence-electron chi connectivity index (χ4n) is 1.85. The number of Topliss-reactive ketones (excluding diaryl/α,β-unsaturated/α-hetero) is 1. The van der Waals surface area contributed by atoms with E-state index in [0.717, 1.165) is 6.42 Å². The highest BCUT2D eigenvalue weighted by atomic mass is 16.3. The van der Waals surface area contributed by atoms with Crippen molar-refractivity contribution in [1.29, 1.82) is 0 Å². The normalized spacial score (nSPS) is 34.8. The van der Waals surface area contributed by atoms with Gasteiger partial charge in [-0.15, -0.1) is 6.58 Å². The first-order chi connectivity index (χ1) is 5.46. The zero-order valence-corrected chi connectivity index (χ0v) is 7.71. The van der Waals surface area contributed by atoms with Gasteiger partial charge in [-0.3, -0.25) is 4.79 Å². The summed E-state index contributed by atoms with van der Waals surface area (Å²) in [6.45, 7) is 7.72. The lowest BCUT2D eigenvalue weighted by Crippen LogP contribution is -2.40. The van der Waals surface area contributed by atoms with E-state index in [2.05, 4.69) is 6.58 Å². The molecule has 1 unspecified atom stereocenters. The maximum Gasteiger partial charge on any atom is 0.162 e. The van der Waals surface area contributed by atoms with Crippen LogP contribution < -0.4 is 0 Å². The van der Waals surface area contributed by atoms with Crippen LogP contribution in [0.3, 0.4) is 0 Å². The van der Waals surface area contributed by atoms with Gasteiger partial charge in [0.25, 0.3) is 0 Å². The third kappa shape index (κ3) is 1.75. The second kappa shape index (κ2) is 3.02. The molecule has 12 heavy (non-hydrogen) atoms. The van der Waals surface area contributed by atoms with Gasteiger partial charge >= 0.3 is 0 Å². The van der Waals surface area contributed by atoms with Crippen LogP contribution in [0.4, 0.5) is 0 Å². The van der Waals surface area contributed by atoms with Gasteiger partial charge in [0.2, 0.25) is 0 Å². The van der Waals surface area contributed by atoms with Gasteiger partial charge in [-0.1, -0.05) is 19.9 Å². The second-order valence-electron chi connectivity index (χ2n) is 4.36. The van der Waals surface area contributed by atoms with Crippen molar-refractivity contribution in [3.05, 3.63) is 12.7 Å². The molecule has 0 saturated heterocycles. The van der Waals surface area contributed by atoms with Crippen molar-refractivity contribution in [2.24, 2.45) is 11.3 Å². The molecule has 0 aliphatic heterocycles. The summed E-state index contributed by atoms with van der Waals surface area (Å²) in [7, 11) is 0. The lowest BCUT2D eigenvalue weighted by molar-refractivity contribution is -0.135. The number of aliphatic hydroxyl groups is 1. The maximum atomic E-state index is 11.3. The van der Waals surface area contributed by atoms with Crippen LogP contribution in [0.2, 0.25) is 0 Å². The van der Waals surface area contributed by atoms with Crippen molar-refractivity contribution in [1.82, 2.24) is 0 Å². The van der Waals surface area contributed by atoms with E-state index >= 15 is 0 Å². The Morgan fingerprint density at radius 1 is 1.67 bits per heavy atom. The van der Waals surface area contributed by atoms with Crippen LogP contribution >= 0.6 is 0 Å². The van der Waals surface area contributed by atoms with E-state index in [4.69, 9.17) is 0 Å². The fourth-order valence-corrected chi connectivity index (χ4v) is 1.85. The van der Waals surface area contributed by atoms with Crippen molar-refractivity contribution in [3.8, 4) is 0 Å². The molecular formula is C10H16O2. The number of aliphatic hydroxyl groups excluding tert-OH is 1. The predicted molar refractivity (Wildman–Crippen MR) is 47.7 cm³/mol. The van der Waals surface area contributed by atoms with E-state index in [9.17, 15) is 9.90 Å². The molecule has 68 valence electrons. The highest BCUT2D eigenvalue weighted by Crippen LogP contribution is 2.37. The monoisotopic (exact) mass is 168 g/mol. The van der Waals surface area contributed by atoms with Gasteiger partial charge in [0.15, 0.2) is 5.78 Å². The topological polar surface area (TPSA) is 37.3 Å². The fraction of sp³-hybridized carbons (Fsp3) is 0.700. The zero-order chi connectivity index (χ0) is 9.35. The molecule has 1 rings (SSSR count). The molecule has 0 amide bonds. The molecule has 0 bridgehead atoms. The van der Waals surface area contributed by atoms with Crippen LogP contribution in [0, 0.1) is 11.3 Å². The number of ketones is 1. The lowest BCUT2D eigenvalue weighted by atomic mass is 9.70. The highest BCUT2D eigenvalue weighted by molar-refractivity contribution is 5.84. The molecule has 2 nitrogen and oxygen atoms in total. The Kier molecular flexibility index (Phi) is 2.38. The molecule has 1 aliphatic carbocycles. The summed E-state index contributed by atoms with van der Waals surface area (Å²) in [5.74, 6) is -0.0996. The van der Waals surface area contributed by atoms with Crippen LogP contribution in [-0.4, -0.2) is 17.0 Å². The minimum atomic E-state index is -0.810. The molecule has 2 atom stereocenters. The Morgan fingerprint density at radius 3 is 2.75 bits per heavy atom. The van der Waals surface area contributed by atoms with Gasteiger partial charge in [-0.05, 0) is 11.8 Å². The quantitative estimate of drug-likeness (QED) is 0.603. The van der Waals surface area contributed by atoms with Gasteiger partial charge in [0.1, 0.15) is 6.10 Å². The van der Waals surface area contributed by atoms with Crippen LogP contribution in [0.5, 0.6) is 0 Å². The molecular weight excluding hydrogens is 152 g/mol. The number of hydrogen-bond donors (Lipinski definition) is 1. The second-order valence-corrected chi connectivity index (χ2v) is 4.36. The van der Waals surface area contributed by atoms with Gasteiger partial charge in [-0.2, -0.15) is 0 Å². The maximum absolute atomic E-state index is 11.3. The molecule has 0 aromatic carbocycles. The Labute approximate surface area is 73.3 Å². The number of rotatable bonds is 1. The van der Waals surface area contributed by atoms with Gasteiger partial charge in [0, 0.05) is 12.3 Å². The van der Waals surface area contributed by atoms with E-state index < -0.39 is 6.10 Å². The predicted octanol–water partition coefficient (Wildman–Crippen LogP) is 1.54. The first-order valence-corrected chi connectivity index (χ1v) is 4.29. The molecule has 1 saturated carbocycles. The molecule has 0 spiro atoms. The first-order valence-electron chi connectivity index (χ1n) is 4.29. The van der Waals surface area contributed by atoms with E-state index in [0.29, 0.717) is 6.42 Å². The van der Waals surface area contributed by atoms with E-state index in [1.165, 1.54) is 0 Å². The van der Waals surface area contributed by atoms with Crippen molar-refractivity contribution in [2.45, 2.75) is 32.8 Å². The van der Waals surface area contributed by atoms with E-state index in [-0.39, 0.29) is 17.1 Å². The molecule has 0 heterocycles. The van der Waals surface area contributed by atoms with Crippen molar-refractivity contribution >= 4 is 5.78 Å². The molecule has 2 heteroatoms. The average Bonchev–Trinajstić information content (AvgIpc) is 1.96. The Hall–Kier alpha value is -0.630. The Bertz CT molecular complexity index is 206. The molecule has 0 aromatic heterocycles. The third-order valence-electron chi connectivity index (χ3n) is 2.48. The van der Waals surface area contributed by atoms with E-state index in [1.54, 1.807) is 6.08 Å². The first kappa shape index (κ1) is 9.46. The van der Waals surface area contributed by atoms with Crippen LogP contribution in [0.15, 0.2) is 12.7 Å². The van der Waals surface area contributed by atoms with Crippen LogP contribution in [0.25, 0.3) is 0 Å². The smallest absolute Gasteiger partial charge is 0.162 e. The molecule has 0 aromatic rings. The molecule has 1 aliphatic rings. The number of carbonyl (C=O) groups excluding carboxylic acids is 1. The number of carbonyl (C=O) groups is 1. The summed E-state index contributed by atoms with van der Waals surface area (Å²) in [6.07, 6.45) is 2.21. The summed E-state index contributed by atoms with van der Waals surface area (Å²) in [4.78, 5) is 11.3. The van der Waals surface area contributed by atoms with Crippen molar-refractivity contribution in [2.75, 3.05) is 0 Å². The minimum Gasteiger partial charge on any atom is -0.385 e. The Morgan fingerprint density at radius 2 is 2.25 bits per heavy atom. The summed E-state index contributed by atoms with van der Waals surface area (Å²) in [5, 5.41) is 9.45. The highest BCUT2D eigenvalue weighted by Gasteiger charge is 2.37. The summed E-state index contributed by atoms with van der Waals surface area (Å²) < 4.78 is 0. The lowest BCUT2D eigenvalue weighted by Gasteiger charge is -2.35. The largest absolute Gasteiger partial charge is 0.385 e. The molecule has 1 N–H and O–H groups in total. The van der Waals surface area contributed by atoms with Crippen molar-refractivity contribution in [3.63, 3.8) is 0 Å². The zero-order valence-electron chi connectivity index (χ0n) is 7.71. The summed E-state index contributed by atoms with van der Waals surface area (Å²) in [6, 6.07) is 0. The van der Waals surface area contributed by atoms with E-state index in [1.807, 2.05) is 13.8 Å². The molecule has 1 fully saturated rings. The summed E-state index contributed by atoms with van der Waals surface area (Å²) >= 11 is 0. The SMILES string of the molecule is C=CC1CC(C)(C)CC(=O)[C@@H]1O. The minimum absolute atomic E-state index is 0.0230.